The van der Waals surface area contributed by atoms with E-state index in [1.54, 1.807) is 35.8 Å². The average Bonchev–Trinajstić information content (AvgIpc) is 2.82. The summed E-state index contributed by atoms with van der Waals surface area (Å²) in [4.78, 5) is 9.96. The molecule has 1 aromatic heterocycles. The molecule has 3 atom stereocenters. The van der Waals surface area contributed by atoms with Crippen molar-refractivity contribution in [1.29, 1.82) is 0 Å². The number of allylic oxidation sites excluding steroid dienone is 1. The zero-order chi connectivity index (χ0) is 25.2. The summed E-state index contributed by atoms with van der Waals surface area (Å²) >= 11 is 0. The third-order valence-corrected chi connectivity index (χ3v) is 6.40. The highest BCUT2D eigenvalue weighted by Gasteiger charge is 2.53. The van der Waals surface area contributed by atoms with E-state index in [0.29, 0.717) is 33.0 Å². The molecule has 188 valence electrons. The van der Waals surface area contributed by atoms with E-state index in [4.69, 9.17) is 4.74 Å². The molecule has 1 heterocycles. The highest BCUT2D eigenvalue weighted by Crippen LogP contribution is 2.39. The third kappa shape index (κ3) is 7.67. The fourth-order valence-corrected chi connectivity index (χ4v) is 4.14. The van der Waals surface area contributed by atoms with Gasteiger partial charge in [-0.2, -0.15) is 13.2 Å². The van der Waals surface area contributed by atoms with Crippen LogP contribution in [-0.4, -0.2) is 64.8 Å². The van der Waals surface area contributed by atoms with Crippen molar-refractivity contribution < 1.29 is 23.0 Å². The summed E-state index contributed by atoms with van der Waals surface area (Å²) in [5.74, 6) is 0.309. The third-order valence-electron chi connectivity index (χ3n) is 5.75. The van der Waals surface area contributed by atoms with Gasteiger partial charge < -0.3 is 14.7 Å². The Bertz CT molecular complexity index is 912. The van der Waals surface area contributed by atoms with Crippen LogP contribution in [0, 0.1) is 0 Å². The van der Waals surface area contributed by atoms with Crippen LogP contribution in [0.3, 0.4) is 0 Å². The molecule has 0 spiro atoms. The Kier molecular flexibility index (Phi) is 10.8. The first-order chi connectivity index (χ1) is 16.1. The lowest BCUT2D eigenvalue weighted by atomic mass is 9.87. The van der Waals surface area contributed by atoms with E-state index < -0.39 is 24.7 Å². The lowest BCUT2D eigenvalue weighted by Crippen LogP contribution is -2.52. The van der Waals surface area contributed by atoms with Gasteiger partial charge in [-0.1, -0.05) is 19.9 Å². The van der Waals surface area contributed by atoms with Gasteiger partial charge in [0.05, 0.1) is 25.5 Å². The van der Waals surface area contributed by atoms with Crippen molar-refractivity contribution in [3.8, 4) is 17.0 Å². The number of aromatic nitrogens is 2. The summed E-state index contributed by atoms with van der Waals surface area (Å²) < 4.78 is 47.6. The zero-order valence-corrected chi connectivity index (χ0v) is 21.3. The minimum Gasteiger partial charge on any atom is -0.496 e. The van der Waals surface area contributed by atoms with Gasteiger partial charge in [-0.3, -0.25) is 9.97 Å². The van der Waals surface area contributed by atoms with E-state index in [1.807, 2.05) is 38.7 Å². The molecule has 0 fully saturated rings. The second-order valence-corrected chi connectivity index (χ2v) is 9.54. The van der Waals surface area contributed by atoms with Crippen molar-refractivity contribution in [2.75, 3.05) is 33.0 Å². The minimum atomic E-state index is -4.75. The molecule has 0 aliphatic carbocycles. The van der Waals surface area contributed by atoms with Crippen LogP contribution in [0.5, 0.6) is 5.75 Å². The molecular weight excluding hydrogens is 462 g/mol. The first-order valence-corrected chi connectivity index (χ1v) is 13.1. The molecular formula is C25H35F3N3O2P. The monoisotopic (exact) mass is 497 g/mol. The highest BCUT2D eigenvalue weighted by atomic mass is 31.1. The molecule has 5 nitrogen and oxygen atoms in total. The Hall–Kier alpha value is -2.18. The van der Waals surface area contributed by atoms with Crippen molar-refractivity contribution in [2.45, 2.75) is 50.8 Å². The Morgan fingerprint density at radius 2 is 2.03 bits per heavy atom. The van der Waals surface area contributed by atoms with Gasteiger partial charge in [-0.15, -0.1) is 8.58 Å². The van der Waals surface area contributed by atoms with E-state index in [9.17, 15) is 18.3 Å². The van der Waals surface area contributed by atoms with E-state index in [-0.39, 0.29) is 12.3 Å². The first kappa shape index (κ1) is 28.1. The number of hydrogen-bond acceptors (Lipinski definition) is 5. The van der Waals surface area contributed by atoms with Crippen LogP contribution in [0.15, 0.2) is 49.1 Å². The first-order valence-electron chi connectivity index (χ1n) is 11.4. The van der Waals surface area contributed by atoms with Crippen molar-refractivity contribution in [3.05, 3.63) is 54.6 Å². The maximum absolute atomic E-state index is 14.0. The Morgan fingerprint density at radius 1 is 1.26 bits per heavy atom. The molecule has 0 aliphatic rings. The number of hydrogen-bond donors (Lipinski definition) is 1. The summed E-state index contributed by atoms with van der Waals surface area (Å²) in [6, 6.07) is 5.50. The van der Waals surface area contributed by atoms with E-state index >= 15 is 0 Å². The van der Waals surface area contributed by atoms with Gasteiger partial charge in [0.2, 0.25) is 0 Å². The molecule has 0 amide bonds. The molecule has 34 heavy (non-hydrogen) atoms. The normalized spacial score (nSPS) is 15.1. The number of alkyl halides is 3. The van der Waals surface area contributed by atoms with Crippen molar-refractivity contribution >= 4 is 8.58 Å². The number of aliphatic hydroxyl groups is 1. The van der Waals surface area contributed by atoms with Crippen LogP contribution in [0.1, 0.15) is 44.6 Å². The number of rotatable bonds is 13. The predicted octanol–water partition coefficient (Wildman–Crippen LogP) is 5.86. The highest BCUT2D eigenvalue weighted by molar-refractivity contribution is 7.37. The number of ether oxygens (including phenoxy) is 1. The molecule has 0 radical (unpaired) electrons. The summed E-state index contributed by atoms with van der Waals surface area (Å²) in [5.41, 5.74) is -0.576. The van der Waals surface area contributed by atoms with Crippen LogP contribution >= 0.6 is 8.58 Å². The maximum Gasteiger partial charge on any atom is 0.418 e. The van der Waals surface area contributed by atoms with Crippen LogP contribution in [-0.2, 0) is 0 Å². The largest absolute Gasteiger partial charge is 0.496 e. The zero-order valence-electron chi connectivity index (χ0n) is 20.3. The molecule has 0 aliphatic heterocycles. The lowest BCUT2D eigenvalue weighted by Gasteiger charge is -2.36. The molecule has 1 aromatic carbocycles. The van der Waals surface area contributed by atoms with Gasteiger partial charge >= 0.3 is 6.18 Å². The van der Waals surface area contributed by atoms with Crippen molar-refractivity contribution in [1.82, 2.24) is 14.9 Å². The molecule has 9 heteroatoms. The Morgan fingerprint density at radius 3 is 2.62 bits per heavy atom. The molecule has 0 saturated carbocycles. The van der Waals surface area contributed by atoms with Crippen LogP contribution < -0.4 is 4.74 Å². The topological polar surface area (TPSA) is 58.5 Å². The van der Waals surface area contributed by atoms with Gasteiger partial charge in [-0.05, 0) is 68.0 Å². The van der Waals surface area contributed by atoms with Crippen LogP contribution in [0.4, 0.5) is 13.2 Å². The van der Waals surface area contributed by atoms with Crippen LogP contribution in [0.25, 0.3) is 11.3 Å². The van der Waals surface area contributed by atoms with Gasteiger partial charge in [0.25, 0.3) is 0 Å². The smallest absolute Gasteiger partial charge is 0.418 e. The number of halogens is 3. The summed E-state index contributed by atoms with van der Waals surface area (Å²) in [6.07, 6.45) is 4.83. The van der Waals surface area contributed by atoms with Crippen molar-refractivity contribution in [2.24, 2.45) is 0 Å². The summed E-state index contributed by atoms with van der Waals surface area (Å²) in [7, 11) is 2.22. The molecule has 0 bridgehead atoms. The van der Waals surface area contributed by atoms with Crippen molar-refractivity contribution in [3.63, 3.8) is 0 Å². The fourth-order valence-electron chi connectivity index (χ4n) is 3.80. The van der Waals surface area contributed by atoms with Gasteiger partial charge in [0.15, 0.2) is 5.60 Å². The molecule has 3 unspecified atom stereocenters. The number of methoxy groups -OCH3 is 1. The predicted molar refractivity (Wildman–Crippen MR) is 133 cm³/mol. The molecule has 2 rings (SSSR count). The number of nitrogens with zero attached hydrogens (tertiary/aromatic N) is 3. The van der Waals surface area contributed by atoms with E-state index in [0.717, 1.165) is 17.3 Å². The van der Waals surface area contributed by atoms with E-state index in [2.05, 4.69) is 9.97 Å². The lowest BCUT2D eigenvalue weighted by molar-refractivity contribution is -0.266. The van der Waals surface area contributed by atoms with Gasteiger partial charge in [0, 0.05) is 24.5 Å². The second kappa shape index (κ2) is 13.1. The molecule has 2 aromatic rings. The standard InChI is InChI=1S/C25H35F3N3O2P/c1-5-13-31(14-6-15-34-4)18-24(32,25(26,27)28)10-9-19(2)21-16-20(7-8-23(21)33-3)22-17-29-11-12-30-22/h6-8,11-12,14,16-17,19,32,34H,5,9-10,13,15,18H2,1-4H3/b14-6-. The van der Waals surface area contributed by atoms with E-state index in [1.165, 1.54) is 7.11 Å². The average molecular weight is 498 g/mol. The SMILES string of the molecule is CCCN(/C=C\CPC)CC(O)(CCC(C)c1cc(-c2cnccn2)ccc1OC)C(F)(F)F. The van der Waals surface area contributed by atoms with Crippen LogP contribution in [0.2, 0.25) is 0 Å². The second-order valence-electron chi connectivity index (χ2n) is 8.43. The Balaban J connectivity index is 2.24. The quantitative estimate of drug-likeness (QED) is 0.351. The number of benzene rings is 1. The molecule has 0 saturated heterocycles. The summed E-state index contributed by atoms with van der Waals surface area (Å²) in [6.45, 7) is 5.76. The van der Waals surface area contributed by atoms with Gasteiger partial charge in [0.1, 0.15) is 5.75 Å². The molecule has 1 N–H and O–H groups in total. The minimum absolute atomic E-state index is 0.135. The summed E-state index contributed by atoms with van der Waals surface area (Å²) in [5, 5.41) is 10.8. The Labute approximate surface area is 202 Å². The van der Waals surface area contributed by atoms with Gasteiger partial charge in [-0.25, -0.2) is 0 Å². The maximum atomic E-state index is 14.0. The fraction of sp³-hybridized carbons (Fsp3) is 0.520.